The zero-order chi connectivity index (χ0) is 17.4. The molecule has 0 aliphatic heterocycles. The highest BCUT2D eigenvalue weighted by Crippen LogP contribution is 2.38. The number of thiocarbonyl (C=S) groups is 1. The van der Waals surface area contributed by atoms with Gasteiger partial charge in [-0.05, 0) is 24.7 Å². The topological polar surface area (TPSA) is 71.1 Å². The zero-order valence-corrected chi connectivity index (χ0v) is 15.0. The first-order valence-electron chi connectivity index (χ1n) is 8.17. The van der Waals surface area contributed by atoms with Crippen LogP contribution in [0.1, 0.15) is 26.2 Å². The Bertz CT molecular complexity index is 712. The normalized spacial score (nSPS) is 11.4. The van der Waals surface area contributed by atoms with Crippen molar-refractivity contribution in [1.82, 2.24) is 9.88 Å². The lowest BCUT2D eigenvalue weighted by molar-refractivity contribution is 0.204. The Morgan fingerprint density at radius 3 is 2.88 bits per heavy atom. The van der Waals surface area contributed by atoms with Crippen LogP contribution in [0.15, 0.2) is 34.5 Å². The number of para-hydroxylation sites is 1. The molecule has 0 unspecified atom stereocenters. The van der Waals surface area contributed by atoms with Crippen LogP contribution in [0.4, 0.5) is 5.69 Å². The lowest BCUT2D eigenvalue weighted by atomic mass is 10.2. The van der Waals surface area contributed by atoms with Gasteiger partial charge in [0, 0.05) is 25.6 Å². The van der Waals surface area contributed by atoms with Gasteiger partial charge in [-0.1, -0.05) is 38.0 Å². The first kappa shape index (κ1) is 18.4. The molecule has 0 saturated carbocycles. The molecule has 1 aromatic heterocycles. The van der Waals surface area contributed by atoms with Crippen LogP contribution in [0.25, 0.3) is 10.9 Å². The fourth-order valence-corrected chi connectivity index (χ4v) is 2.65. The summed E-state index contributed by atoms with van der Waals surface area (Å²) in [6, 6.07) is 7.79. The minimum Gasteiger partial charge on any atom is -0.493 e. The summed E-state index contributed by atoms with van der Waals surface area (Å²) in [5, 5.41) is 22.8. The maximum atomic E-state index is 10.6. The molecule has 0 saturated heterocycles. The summed E-state index contributed by atoms with van der Waals surface area (Å²) in [4.78, 5) is 0. The SMILES string of the molecule is CCCCCn1c(O)c(N=NC(=S)NCCOC)c2ccccc21. The van der Waals surface area contributed by atoms with E-state index < -0.39 is 0 Å². The maximum Gasteiger partial charge on any atom is 0.220 e. The van der Waals surface area contributed by atoms with Crippen molar-refractivity contribution in [2.75, 3.05) is 20.3 Å². The second kappa shape index (κ2) is 9.34. The number of unbranched alkanes of at least 4 members (excludes halogenated alkanes) is 2. The van der Waals surface area contributed by atoms with Crippen LogP contribution in [0.3, 0.4) is 0 Å². The molecule has 0 fully saturated rings. The molecule has 0 atom stereocenters. The second-order valence-corrected chi connectivity index (χ2v) is 5.86. The molecule has 7 heteroatoms. The average molecular weight is 348 g/mol. The summed E-state index contributed by atoms with van der Waals surface area (Å²) in [6.07, 6.45) is 3.26. The van der Waals surface area contributed by atoms with E-state index >= 15 is 0 Å². The molecule has 0 radical (unpaired) electrons. The predicted octanol–water partition coefficient (Wildman–Crippen LogP) is 4.14. The Morgan fingerprint density at radius 1 is 1.33 bits per heavy atom. The molecule has 0 bridgehead atoms. The highest BCUT2D eigenvalue weighted by molar-refractivity contribution is 7.80. The molecular formula is C17H24N4O2S. The number of nitrogens with zero attached hydrogens (tertiary/aromatic N) is 3. The number of nitrogens with one attached hydrogen (secondary N) is 1. The van der Waals surface area contributed by atoms with Crippen LogP contribution in [0.2, 0.25) is 0 Å². The van der Waals surface area contributed by atoms with Gasteiger partial charge in [0.15, 0.2) is 5.69 Å². The van der Waals surface area contributed by atoms with E-state index in [1.165, 1.54) is 0 Å². The van der Waals surface area contributed by atoms with Gasteiger partial charge in [0.1, 0.15) is 0 Å². The molecule has 0 spiro atoms. The minimum atomic E-state index is 0.135. The van der Waals surface area contributed by atoms with E-state index in [1.807, 2.05) is 28.8 Å². The monoisotopic (exact) mass is 348 g/mol. The van der Waals surface area contributed by atoms with Gasteiger partial charge in [0.2, 0.25) is 11.0 Å². The van der Waals surface area contributed by atoms with Crippen LogP contribution in [0.5, 0.6) is 5.88 Å². The third-order valence-corrected chi connectivity index (χ3v) is 3.95. The van der Waals surface area contributed by atoms with Crippen LogP contribution < -0.4 is 5.32 Å². The molecular weight excluding hydrogens is 324 g/mol. The van der Waals surface area contributed by atoms with E-state index in [9.17, 15) is 5.11 Å². The number of methoxy groups -OCH3 is 1. The third-order valence-electron chi connectivity index (χ3n) is 3.73. The Morgan fingerprint density at radius 2 is 2.12 bits per heavy atom. The van der Waals surface area contributed by atoms with Crippen LogP contribution >= 0.6 is 12.2 Å². The molecule has 2 rings (SSSR count). The summed E-state index contributed by atoms with van der Waals surface area (Å²) in [5.41, 5.74) is 1.41. The van der Waals surface area contributed by atoms with E-state index in [-0.39, 0.29) is 11.0 Å². The molecule has 1 aromatic carbocycles. The van der Waals surface area contributed by atoms with Gasteiger partial charge in [0.05, 0.1) is 12.1 Å². The van der Waals surface area contributed by atoms with Gasteiger partial charge < -0.3 is 19.7 Å². The maximum absolute atomic E-state index is 10.6. The fourth-order valence-electron chi connectivity index (χ4n) is 2.51. The number of aromatic nitrogens is 1. The number of ether oxygens (including phenoxy) is 1. The number of rotatable bonds is 8. The van der Waals surface area contributed by atoms with Crippen molar-refractivity contribution in [2.45, 2.75) is 32.7 Å². The largest absolute Gasteiger partial charge is 0.493 e. The van der Waals surface area contributed by atoms with Crippen molar-refractivity contribution in [2.24, 2.45) is 10.2 Å². The standard InChI is InChI=1S/C17H24N4O2S/c1-3-4-7-11-21-14-9-6-5-8-13(14)15(16(21)22)19-20-17(24)18-10-12-23-2/h5-6,8-9,22H,3-4,7,10-12H2,1-2H3,(H,18,24). The van der Waals surface area contributed by atoms with E-state index in [0.717, 1.165) is 36.7 Å². The third kappa shape index (κ3) is 4.52. The number of hydrogen-bond donors (Lipinski definition) is 2. The fraction of sp³-hybridized carbons (Fsp3) is 0.471. The average Bonchev–Trinajstić information content (AvgIpc) is 2.85. The quantitative estimate of drug-likeness (QED) is 0.427. The predicted molar refractivity (Wildman–Crippen MR) is 100 cm³/mol. The van der Waals surface area contributed by atoms with Crippen molar-refractivity contribution in [1.29, 1.82) is 0 Å². The lowest BCUT2D eigenvalue weighted by Gasteiger charge is -2.05. The van der Waals surface area contributed by atoms with Gasteiger partial charge in [0.25, 0.3) is 0 Å². The van der Waals surface area contributed by atoms with Crippen LogP contribution in [-0.2, 0) is 11.3 Å². The summed E-state index contributed by atoms with van der Waals surface area (Å²) < 4.78 is 6.83. The lowest BCUT2D eigenvalue weighted by Crippen LogP contribution is -2.23. The number of benzene rings is 1. The Labute approximate surface area is 147 Å². The van der Waals surface area contributed by atoms with Crippen LogP contribution in [-0.4, -0.2) is 35.0 Å². The number of hydrogen-bond acceptors (Lipinski definition) is 4. The molecule has 2 N–H and O–H groups in total. The highest BCUT2D eigenvalue weighted by atomic mass is 32.1. The molecule has 6 nitrogen and oxygen atoms in total. The molecule has 0 amide bonds. The van der Waals surface area contributed by atoms with E-state index in [2.05, 4.69) is 22.5 Å². The van der Waals surface area contributed by atoms with Crippen molar-refractivity contribution in [3.63, 3.8) is 0 Å². The number of azo groups is 1. The molecule has 2 aromatic rings. The molecule has 0 aliphatic rings. The van der Waals surface area contributed by atoms with Gasteiger partial charge >= 0.3 is 0 Å². The zero-order valence-electron chi connectivity index (χ0n) is 14.2. The first-order chi connectivity index (χ1) is 11.7. The van der Waals surface area contributed by atoms with Gasteiger partial charge in [-0.3, -0.25) is 0 Å². The van der Waals surface area contributed by atoms with E-state index in [1.54, 1.807) is 7.11 Å². The van der Waals surface area contributed by atoms with Crippen molar-refractivity contribution in [3.05, 3.63) is 24.3 Å². The summed E-state index contributed by atoms with van der Waals surface area (Å²) in [6.45, 7) is 4.02. The second-order valence-electron chi connectivity index (χ2n) is 5.47. The summed E-state index contributed by atoms with van der Waals surface area (Å²) in [7, 11) is 1.62. The van der Waals surface area contributed by atoms with E-state index in [0.29, 0.717) is 18.8 Å². The van der Waals surface area contributed by atoms with Gasteiger partial charge in [-0.15, -0.1) is 10.2 Å². The van der Waals surface area contributed by atoms with Gasteiger partial charge in [-0.25, -0.2) is 0 Å². The van der Waals surface area contributed by atoms with Crippen molar-refractivity contribution < 1.29 is 9.84 Å². The highest BCUT2D eigenvalue weighted by Gasteiger charge is 2.16. The smallest absolute Gasteiger partial charge is 0.220 e. The first-order valence-corrected chi connectivity index (χ1v) is 8.58. The Hall–Kier alpha value is -1.99. The van der Waals surface area contributed by atoms with E-state index in [4.69, 9.17) is 17.0 Å². The number of fused-ring (bicyclic) bond motifs is 1. The molecule has 130 valence electrons. The number of aryl methyl sites for hydroxylation is 1. The van der Waals surface area contributed by atoms with Gasteiger partial charge in [-0.2, -0.15) is 0 Å². The Balaban J connectivity index is 2.23. The van der Waals surface area contributed by atoms with Crippen LogP contribution in [0, 0.1) is 0 Å². The van der Waals surface area contributed by atoms with Crippen molar-refractivity contribution in [3.8, 4) is 5.88 Å². The van der Waals surface area contributed by atoms with Crippen molar-refractivity contribution >= 4 is 33.9 Å². The molecule has 1 heterocycles. The summed E-state index contributed by atoms with van der Waals surface area (Å²) >= 11 is 5.11. The minimum absolute atomic E-state index is 0.135. The molecule has 0 aliphatic carbocycles. The summed E-state index contributed by atoms with van der Waals surface area (Å²) in [5.74, 6) is 0.135. The molecule has 24 heavy (non-hydrogen) atoms. The Kier molecular flexibility index (Phi) is 7.14. The number of aromatic hydroxyl groups is 1.